The summed E-state index contributed by atoms with van der Waals surface area (Å²) in [5.74, 6) is 0. The second-order valence-electron chi connectivity index (χ2n) is 12.2. The number of aliphatic hydroxyl groups is 2. The molecular weight excluding hydrogens is 464 g/mol. The molecule has 2 N–H and O–H groups in total. The molecule has 0 amide bonds. The highest BCUT2D eigenvalue weighted by Crippen LogP contribution is 2.17. The van der Waals surface area contributed by atoms with Crippen molar-refractivity contribution < 1.29 is 10.2 Å². The second-order valence-corrected chi connectivity index (χ2v) is 12.2. The zero-order chi connectivity index (χ0) is 27.8. The van der Waals surface area contributed by atoms with Crippen molar-refractivity contribution in [3.05, 3.63) is 12.2 Å². The number of allylic oxidation sites excluding steroid dienone is 2. The van der Waals surface area contributed by atoms with Crippen molar-refractivity contribution in [3.63, 3.8) is 0 Å². The van der Waals surface area contributed by atoms with E-state index >= 15 is 0 Å². The number of hydrogen-bond acceptors (Lipinski definition) is 2. The van der Waals surface area contributed by atoms with Gasteiger partial charge in [0.2, 0.25) is 0 Å². The maximum atomic E-state index is 10.3. The van der Waals surface area contributed by atoms with Crippen molar-refractivity contribution in [2.75, 3.05) is 0 Å². The van der Waals surface area contributed by atoms with Crippen LogP contribution in [0.3, 0.4) is 0 Å². The van der Waals surface area contributed by atoms with E-state index in [1.54, 1.807) is 0 Å². The first-order valence-corrected chi connectivity index (χ1v) is 17.7. The van der Waals surface area contributed by atoms with Crippen molar-refractivity contribution in [1.29, 1.82) is 0 Å². The minimum atomic E-state index is -0.522. The highest BCUT2D eigenvalue weighted by Gasteiger charge is 2.15. The van der Waals surface area contributed by atoms with Crippen molar-refractivity contribution in [3.8, 4) is 0 Å². The van der Waals surface area contributed by atoms with Gasteiger partial charge in [0, 0.05) is 0 Å². The van der Waals surface area contributed by atoms with E-state index in [-0.39, 0.29) is 0 Å². The van der Waals surface area contributed by atoms with Crippen LogP contribution in [0.5, 0.6) is 0 Å². The molecule has 0 aliphatic carbocycles. The molecule has 2 atom stereocenters. The van der Waals surface area contributed by atoms with E-state index in [0.717, 1.165) is 25.7 Å². The summed E-state index contributed by atoms with van der Waals surface area (Å²) in [6, 6.07) is 0. The Hall–Kier alpha value is -0.340. The fourth-order valence-corrected chi connectivity index (χ4v) is 5.53. The summed E-state index contributed by atoms with van der Waals surface area (Å²) >= 11 is 0. The van der Waals surface area contributed by atoms with E-state index in [9.17, 15) is 10.2 Å². The van der Waals surface area contributed by atoms with Gasteiger partial charge >= 0.3 is 0 Å². The Morgan fingerprint density at radius 1 is 0.342 bits per heavy atom. The summed E-state index contributed by atoms with van der Waals surface area (Å²) in [5, 5.41) is 20.6. The molecule has 2 heteroatoms. The van der Waals surface area contributed by atoms with Gasteiger partial charge in [0.1, 0.15) is 0 Å². The molecule has 0 aromatic heterocycles. The Morgan fingerprint density at radius 3 is 0.868 bits per heavy atom. The lowest BCUT2D eigenvalue weighted by Crippen LogP contribution is -2.25. The van der Waals surface area contributed by atoms with E-state index in [1.165, 1.54) is 167 Å². The van der Waals surface area contributed by atoms with Crippen LogP contribution < -0.4 is 0 Å². The molecule has 2 unspecified atom stereocenters. The summed E-state index contributed by atoms with van der Waals surface area (Å²) in [6.45, 7) is 4.56. The van der Waals surface area contributed by atoms with Gasteiger partial charge in [0.25, 0.3) is 0 Å². The zero-order valence-corrected chi connectivity index (χ0v) is 26.4. The lowest BCUT2D eigenvalue weighted by molar-refractivity contribution is 0.00712. The normalized spacial score (nSPS) is 13.5. The zero-order valence-electron chi connectivity index (χ0n) is 26.4. The molecule has 2 nitrogen and oxygen atoms in total. The summed E-state index contributed by atoms with van der Waals surface area (Å²) in [5.41, 5.74) is 0. The summed E-state index contributed by atoms with van der Waals surface area (Å²) < 4.78 is 0. The molecule has 0 heterocycles. The molecule has 38 heavy (non-hydrogen) atoms. The molecule has 0 fully saturated rings. The van der Waals surface area contributed by atoms with E-state index in [4.69, 9.17) is 0 Å². The molecule has 0 bridgehead atoms. The number of aliphatic hydroxyl groups excluding tert-OH is 2. The quantitative estimate of drug-likeness (QED) is 0.0663. The minimum absolute atomic E-state index is 0.520. The SMILES string of the molecule is CCCCCCCC/C=C\CCCCCCCC(O)C(O)CCCCCCCCCCCCCCCCC. The third-order valence-electron chi connectivity index (χ3n) is 8.31. The first-order chi connectivity index (χ1) is 18.7. The lowest BCUT2D eigenvalue weighted by atomic mass is 9.99. The first kappa shape index (κ1) is 37.7. The van der Waals surface area contributed by atoms with Gasteiger partial charge in [0.15, 0.2) is 0 Å². The summed E-state index contributed by atoms with van der Waals surface area (Å²) in [4.78, 5) is 0. The number of unbranched alkanes of at least 4 members (excludes halogenated alkanes) is 25. The molecule has 0 rings (SSSR count). The standard InChI is InChI=1S/C36H72O2/c1-3-5-7-9-11-13-15-17-19-21-23-25-27-29-31-33-35(37)36(38)34-32-30-28-26-24-22-20-18-16-14-12-10-8-6-4-2/h17,19,35-38H,3-16,18,20-34H2,1-2H3/b19-17-. The topological polar surface area (TPSA) is 40.5 Å². The smallest absolute Gasteiger partial charge is 0.0799 e. The molecule has 0 saturated carbocycles. The predicted molar refractivity (Wildman–Crippen MR) is 171 cm³/mol. The van der Waals surface area contributed by atoms with Gasteiger partial charge in [-0.25, -0.2) is 0 Å². The van der Waals surface area contributed by atoms with Gasteiger partial charge in [-0.1, -0.05) is 180 Å². The van der Waals surface area contributed by atoms with E-state index in [0.29, 0.717) is 0 Å². The van der Waals surface area contributed by atoms with Crippen LogP contribution in [0.2, 0.25) is 0 Å². The van der Waals surface area contributed by atoms with Crippen LogP contribution in [0.15, 0.2) is 12.2 Å². The molecular formula is C36H72O2. The molecule has 0 spiro atoms. The molecule has 0 radical (unpaired) electrons. The Morgan fingerprint density at radius 2 is 0.579 bits per heavy atom. The Labute approximate surface area is 240 Å². The van der Waals surface area contributed by atoms with Gasteiger partial charge in [-0.2, -0.15) is 0 Å². The summed E-state index contributed by atoms with van der Waals surface area (Å²) in [7, 11) is 0. The lowest BCUT2D eigenvalue weighted by Gasteiger charge is -2.17. The molecule has 0 aliphatic heterocycles. The van der Waals surface area contributed by atoms with E-state index in [1.807, 2.05) is 0 Å². The average molecular weight is 537 g/mol. The van der Waals surface area contributed by atoms with E-state index < -0.39 is 12.2 Å². The van der Waals surface area contributed by atoms with Gasteiger partial charge in [-0.3, -0.25) is 0 Å². The largest absolute Gasteiger partial charge is 0.390 e. The van der Waals surface area contributed by atoms with Crippen LogP contribution in [-0.2, 0) is 0 Å². The Bertz CT molecular complexity index is 447. The van der Waals surface area contributed by atoms with E-state index in [2.05, 4.69) is 26.0 Å². The highest BCUT2D eigenvalue weighted by atomic mass is 16.3. The second kappa shape index (κ2) is 32.9. The van der Waals surface area contributed by atoms with Crippen LogP contribution in [0.25, 0.3) is 0 Å². The van der Waals surface area contributed by atoms with Crippen molar-refractivity contribution in [2.45, 2.75) is 219 Å². The van der Waals surface area contributed by atoms with Gasteiger partial charge in [0.05, 0.1) is 12.2 Å². The Kier molecular flexibility index (Phi) is 32.6. The maximum Gasteiger partial charge on any atom is 0.0799 e. The summed E-state index contributed by atoms with van der Waals surface area (Å²) in [6.07, 6.45) is 42.5. The van der Waals surface area contributed by atoms with Gasteiger partial charge < -0.3 is 10.2 Å². The monoisotopic (exact) mass is 537 g/mol. The molecule has 228 valence electrons. The van der Waals surface area contributed by atoms with Crippen LogP contribution in [0, 0.1) is 0 Å². The molecule has 0 aliphatic rings. The van der Waals surface area contributed by atoms with Crippen molar-refractivity contribution in [2.24, 2.45) is 0 Å². The molecule has 0 aromatic carbocycles. The highest BCUT2D eigenvalue weighted by molar-refractivity contribution is 4.81. The van der Waals surface area contributed by atoms with Gasteiger partial charge in [-0.05, 0) is 38.5 Å². The van der Waals surface area contributed by atoms with Crippen molar-refractivity contribution >= 4 is 0 Å². The molecule has 0 saturated heterocycles. The van der Waals surface area contributed by atoms with Crippen LogP contribution >= 0.6 is 0 Å². The van der Waals surface area contributed by atoms with Crippen molar-refractivity contribution in [1.82, 2.24) is 0 Å². The first-order valence-electron chi connectivity index (χ1n) is 17.7. The Balaban J connectivity index is 3.31. The maximum absolute atomic E-state index is 10.3. The third kappa shape index (κ3) is 30.2. The van der Waals surface area contributed by atoms with Crippen LogP contribution in [-0.4, -0.2) is 22.4 Å². The average Bonchev–Trinajstić information content (AvgIpc) is 2.92. The fraction of sp³-hybridized carbons (Fsp3) is 0.944. The number of rotatable bonds is 32. The molecule has 0 aromatic rings. The fourth-order valence-electron chi connectivity index (χ4n) is 5.53. The third-order valence-corrected chi connectivity index (χ3v) is 8.31. The van der Waals surface area contributed by atoms with Gasteiger partial charge in [-0.15, -0.1) is 0 Å². The van der Waals surface area contributed by atoms with Crippen LogP contribution in [0.4, 0.5) is 0 Å². The number of hydrogen-bond donors (Lipinski definition) is 2. The minimum Gasteiger partial charge on any atom is -0.390 e. The predicted octanol–water partition coefficient (Wildman–Crippen LogP) is 12.0. The van der Waals surface area contributed by atoms with Crippen LogP contribution in [0.1, 0.15) is 206 Å².